The lowest BCUT2D eigenvalue weighted by Gasteiger charge is -2.29. The van der Waals surface area contributed by atoms with Crippen LogP contribution in [0.15, 0.2) is 54.5 Å². The van der Waals surface area contributed by atoms with Gasteiger partial charge in [-0.2, -0.15) is 0 Å². The maximum Gasteiger partial charge on any atom is 0.245 e. The molecule has 1 aliphatic heterocycles. The highest BCUT2D eigenvalue weighted by atomic mass is 16.3. The van der Waals surface area contributed by atoms with Crippen molar-refractivity contribution in [1.29, 1.82) is 0 Å². The molecule has 1 aromatic heterocycles. The number of hydrogen-bond donors (Lipinski definition) is 4. The largest absolute Gasteiger partial charge is 0.401 e. The van der Waals surface area contributed by atoms with Gasteiger partial charge in [-0.1, -0.05) is 85.7 Å². The van der Waals surface area contributed by atoms with Crippen molar-refractivity contribution in [3.63, 3.8) is 0 Å². The fraction of sp³-hybridized carbons (Fsp3) is 0.559. The molecule has 42 heavy (non-hydrogen) atoms. The summed E-state index contributed by atoms with van der Waals surface area (Å²) in [6, 6.07) is 11.4. The first kappa shape index (κ1) is 40.7. The van der Waals surface area contributed by atoms with E-state index in [0.29, 0.717) is 18.1 Å². The van der Waals surface area contributed by atoms with Gasteiger partial charge in [-0.25, -0.2) is 0 Å². The smallest absolute Gasteiger partial charge is 0.245 e. The molecule has 5 N–H and O–H groups in total. The van der Waals surface area contributed by atoms with Gasteiger partial charge in [0.15, 0.2) is 0 Å². The molecule has 0 radical (unpaired) electrons. The molecular formula is C34H59N5O3. The third-order valence-corrected chi connectivity index (χ3v) is 6.31. The first-order valence-corrected chi connectivity index (χ1v) is 15.5. The number of rotatable bonds is 9. The van der Waals surface area contributed by atoms with Crippen molar-refractivity contribution >= 4 is 12.3 Å². The molecule has 3 rings (SSSR count). The number of pyridine rings is 1. The number of benzene rings is 1. The van der Waals surface area contributed by atoms with Gasteiger partial charge in [-0.05, 0) is 56.7 Å². The van der Waals surface area contributed by atoms with Crippen LogP contribution in [0.2, 0.25) is 0 Å². The second kappa shape index (κ2) is 24.2. The Morgan fingerprint density at radius 2 is 1.69 bits per heavy atom. The molecule has 2 heterocycles. The zero-order chi connectivity index (χ0) is 32.7. The molecule has 1 aliphatic rings. The van der Waals surface area contributed by atoms with Gasteiger partial charge < -0.3 is 26.4 Å². The summed E-state index contributed by atoms with van der Waals surface area (Å²) in [5.74, 6) is 0.452. The van der Waals surface area contributed by atoms with Crippen LogP contribution in [0.5, 0.6) is 0 Å². The third-order valence-electron chi connectivity index (χ3n) is 6.31. The number of nitrogens with zero attached hydrogens (tertiary/aromatic N) is 2. The number of aliphatic hydroxyl groups is 1. The van der Waals surface area contributed by atoms with Crippen molar-refractivity contribution < 1.29 is 14.7 Å². The van der Waals surface area contributed by atoms with Crippen LogP contribution in [0, 0.1) is 12.8 Å². The summed E-state index contributed by atoms with van der Waals surface area (Å²) < 4.78 is 0. The van der Waals surface area contributed by atoms with Gasteiger partial charge in [-0.3, -0.25) is 14.6 Å². The van der Waals surface area contributed by atoms with Crippen LogP contribution in [0.4, 0.5) is 0 Å². The number of carbonyl (C=O) groups excluding carboxylic acids is 2. The van der Waals surface area contributed by atoms with Gasteiger partial charge in [0.1, 0.15) is 6.04 Å². The minimum absolute atomic E-state index is 0.124. The maximum absolute atomic E-state index is 12.4. The molecule has 1 fully saturated rings. The summed E-state index contributed by atoms with van der Waals surface area (Å²) in [6.07, 6.45) is 6.31. The van der Waals surface area contributed by atoms with Crippen LogP contribution < -0.4 is 16.4 Å². The molecule has 0 saturated carbocycles. The summed E-state index contributed by atoms with van der Waals surface area (Å²) in [4.78, 5) is 29.2. The number of allylic oxidation sites excluding steroid dienone is 1. The van der Waals surface area contributed by atoms with E-state index in [0.717, 1.165) is 41.8 Å². The van der Waals surface area contributed by atoms with Gasteiger partial charge >= 0.3 is 0 Å². The molecule has 1 aromatic carbocycles. The zero-order valence-electron chi connectivity index (χ0n) is 28.1. The fourth-order valence-electron chi connectivity index (χ4n) is 4.21. The number of amides is 2. The second-order valence-electron chi connectivity index (χ2n) is 9.61. The zero-order valence-corrected chi connectivity index (χ0v) is 28.1. The van der Waals surface area contributed by atoms with Crippen molar-refractivity contribution in [2.24, 2.45) is 11.7 Å². The first-order valence-electron chi connectivity index (χ1n) is 15.5. The Labute approximate surface area is 256 Å². The van der Waals surface area contributed by atoms with E-state index in [1.165, 1.54) is 0 Å². The molecule has 0 spiro atoms. The second-order valence-corrected chi connectivity index (χ2v) is 9.61. The van der Waals surface area contributed by atoms with Crippen LogP contribution in [0.1, 0.15) is 99.2 Å². The number of likely N-dealkylation sites (tertiary alicyclic amines) is 1. The van der Waals surface area contributed by atoms with Crippen molar-refractivity contribution in [3.8, 4) is 11.3 Å². The molecule has 8 nitrogen and oxygen atoms in total. The highest BCUT2D eigenvalue weighted by molar-refractivity contribution is 5.82. The van der Waals surface area contributed by atoms with Gasteiger partial charge in [0.25, 0.3) is 0 Å². The fourth-order valence-corrected chi connectivity index (χ4v) is 4.21. The maximum atomic E-state index is 12.4. The van der Waals surface area contributed by atoms with Gasteiger partial charge in [-0.15, -0.1) is 0 Å². The number of nitrogens with two attached hydrogens (primary N) is 1. The SMILES string of the molecule is C/C(N)=C/NC(C(=O)N1CCCC1C)C(C)C.CC.CC.CC.Cc1cccnc1-c1ccc(C(CO)NC=O)cc1. The van der Waals surface area contributed by atoms with E-state index >= 15 is 0 Å². The Balaban J connectivity index is 0. The normalized spacial score (nSPS) is 15.1. The monoisotopic (exact) mass is 585 g/mol. The van der Waals surface area contributed by atoms with E-state index < -0.39 is 0 Å². The average molecular weight is 586 g/mol. The van der Waals surface area contributed by atoms with Crippen molar-refractivity contribution in [2.45, 2.75) is 107 Å². The van der Waals surface area contributed by atoms with Gasteiger partial charge in [0.2, 0.25) is 12.3 Å². The van der Waals surface area contributed by atoms with E-state index in [1.54, 1.807) is 12.4 Å². The Hall–Kier alpha value is -3.39. The number of hydrogen-bond acceptors (Lipinski definition) is 6. The molecule has 0 aliphatic carbocycles. The van der Waals surface area contributed by atoms with Crippen molar-refractivity contribution in [3.05, 3.63) is 65.6 Å². The number of aliphatic hydroxyl groups excluding tert-OH is 1. The highest BCUT2D eigenvalue weighted by Crippen LogP contribution is 2.23. The van der Waals surface area contributed by atoms with E-state index in [4.69, 9.17) is 5.73 Å². The van der Waals surface area contributed by atoms with Crippen LogP contribution >= 0.6 is 0 Å². The number of nitrogens with one attached hydrogen (secondary N) is 2. The molecule has 2 amide bonds. The average Bonchev–Trinajstić information content (AvgIpc) is 3.45. The van der Waals surface area contributed by atoms with Crippen molar-refractivity contribution in [1.82, 2.24) is 20.5 Å². The summed E-state index contributed by atoms with van der Waals surface area (Å²) in [7, 11) is 0. The van der Waals surface area contributed by atoms with E-state index in [-0.39, 0.29) is 30.5 Å². The van der Waals surface area contributed by atoms with Crippen LogP contribution in [0.3, 0.4) is 0 Å². The Kier molecular flexibility index (Phi) is 23.5. The molecule has 0 bridgehead atoms. The molecular weight excluding hydrogens is 526 g/mol. The summed E-state index contributed by atoms with van der Waals surface area (Å²) in [5, 5.41) is 14.9. The van der Waals surface area contributed by atoms with E-state index in [9.17, 15) is 14.7 Å². The summed E-state index contributed by atoms with van der Waals surface area (Å²) >= 11 is 0. The number of aryl methyl sites for hydroxylation is 1. The number of carbonyl (C=O) groups is 2. The Morgan fingerprint density at radius 3 is 2.12 bits per heavy atom. The molecule has 1 saturated heterocycles. The lowest BCUT2D eigenvalue weighted by atomic mass is 10.0. The molecule has 238 valence electrons. The quantitative estimate of drug-likeness (QED) is 0.255. The molecule has 2 aromatic rings. The Morgan fingerprint density at radius 1 is 1.10 bits per heavy atom. The van der Waals surface area contributed by atoms with Crippen molar-refractivity contribution in [2.75, 3.05) is 13.2 Å². The first-order chi connectivity index (χ1) is 20.2. The number of aromatic nitrogens is 1. The Bertz CT molecular complexity index is 1000. The summed E-state index contributed by atoms with van der Waals surface area (Å²) in [6.45, 7) is 22.8. The van der Waals surface area contributed by atoms with Crippen LogP contribution in [0.25, 0.3) is 11.3 Å². The van der Waals surface area contributed by atoms with E-state index in [2.05, 4.69) is 36.4 Å². The van der Waals surface area contributed by atoms with E-state index in [1.807, 2.05) is 96.7 Å². The van der Waals surface area contributed by atoms with Gasteiger partial charge in [0, 0.05) is 36.2 Å². The van der Waals surface area contributed by atoms with Crippen LogP contribution in [-0.2, 0) is 9.59 Å². The topological polar surface area (TPSA) is 121 Å². The molecule has 8 heteroatoms. The highest BCUT2D eigenvalue weighted by Gasteiger charge is 2.31. The summed E-state index contributed by atoms with van der Waals surface area (Å²) in [5.41, 5.74) is 10.2. The predicted octanol–water partition coefficient (Wildman–Crippen LogP) is 6.35. The predicted molar refractivity (Wildman–Crippen MR) is 178 cm³/mol. The minimum Gasteiger partial charge on any atom is -0.401 e. The lowest BCUT2D eigenvalue weighted by molar-refractivity contribution is -0.134. The lowest BCUT2D eigenvalue weighted by Crippen LogP contribution is -2.49. The van der Waals surface area contributed by atoms with Crippen LogP contribution in [-0.4, -0.2) is 52.5 Å². The molecule has 3 unspecified atom stereocenters. The minimum atomic E-state index is -0.364. The van der Waals surface area contributed by atoms with Gasteiger partial charge in [0.05, 0.1) is 18.3 Å². The standard InChI is InChI=1S/C15H16N2O2.C13H25N3O.3C2H6/c1-11-3-2-8-16-15(11)13-6-4-12(5-7-13)14(9-18)17-10-19;1-9(2)12(15-8-10(3)14)13(17)16-7-5-6-11(16)4;3*1-2/h2-8,10,14,18H,9H2,1H3,(H,17,19);8-9,11-12,15H,5-7,14H2,1-4H3;3*1-2H3/b;10-8-;;;. The third kappa shape index (κ3) is 14.0. The molecule has 3 atom stereocenters.